The molecule has 176 valence electrons. The number of rotatable bonds is 9. The van der Waals surface area contributed by atoms with Crippen LogP contribution in [0.15, 0.2) is 54.6 Å². The normalized spacial score (nSPS) is 15.0. The number of likely N-dealkylation sites (tertiary alicyclic amines) is 1. The molecule has 7 heteroatoms. The van der Waals surface area contributed by atoms with Crippen LogP contribution >= 0.6 is 0 Å². The van der Waals surface area contributed by atoms with Gasteiger partial charge in [-0.15, -0.1) is 0 Å². The second-order valence-electron chi connectivity index (χ2n) is 8.53. The number of phenolic OH excluding ortho intramolecular Hbond substituents is 1. The van der Waals surface area contributed by atoms with Crippen molar-refractivity contribution in [3.8, 4) is 5.75 Å². The van der Waals surface area contributed by atoms with Gasteiger partial charge in [0.15, 0.2) is 0 Å². The number of hydrogen-bond acceptors (Lipinski definition) is 5. The quantitative estimate of drug-likeness (QED) is 0.571. The van der Waals surface area contributed by atoms with Crippen molar-refractivity contribution in [1.29, 1.82) is 0 Å². The third-order valence-corrected chi connectivity index (χ3v) is 6.11. The fourth-order valence-electron chi connectivity index (χ4n) is 4.16. The Bertz CT molecular complexity index is 921. The molecule has 1 aliphatic heterocycles. The molecular formula is C26H32N2O5. The first-order valence-corrected chi connectivity index (χ1v) is 11.4. The van der Waals surface area contributed by atoms with Crippen LogP contribution in [-0.4, -0.2) is 54.0 Å². The molecule has 3 rings (SSSR count). The van der Waals surface area contributed by atoms with Crippen LogP contribution in [0.5, 0.6) is 5.75 Å². The summed E-state index contributed by atoms with van der Waals surface area (Å²) in [5, 5.41) is 12.2. The van der Waals surface area contributed by atoms with Crippen LogP contribution in [0.3, 0.4) is 0 Å². The summed E-state index contributed by atoms with van der Waals surface area (Å²) >= 11 is 0. The topological polar surface area (TPSA) is 95.9 Å². The van der Waals surface area contributed by atoms with Crippen molar-refractivity contribution < 1.29 is 24.2 Å². The number of piperidine rings is 1. The lowest BCUT2D eigenvalue weighted by molar-refractivity contribution is -0.145. The van der Waals surface area contributed by atoms with Crippen LogP contribution in [0.1, 0.15) is 36.8 Å². The van der Waals surface area contributed by atoms with E-state index in [1.54, 1.807) is 24.3 Å². The van der Waals surface area contributed by atoms with Gasteiger partial charge in [0.1, 0.15) is 11.8 Å². The first-order chi connectivity index (χ1) is 15.9. The van der Waals surface area contributed by atoms with E-state index in [0.29, 0.717) is 25.9 Å². The van der Waals surface area contributed by atoms with Gasteiger partial charge in [-0.05, 0) is 48.4 Å². The van der Waals surface area contributed by atoms with Crippen molar-refractivity contribution >= 4 is 17.8 Å². The van der Waals surface area contributed by atoms with E-state index in [0.717, 1.165) is 30.4 Å². The molecule has 33 heavy (non-hydrogen) atoms. The SMILES string of the molecule is COC(=O)[C@H](Cc1ccc(O)cc1)NC(=O)CC1CCN(C(=O)CCc2ccccc2)CC1. The Kier molecular flexibility index (Phi) is 8.87. The fourth-order valence-corrected chi connectivity index (χ4v) is 4.16. The summed E-state index contributed by atoms with van der Waals surface area (Å²) in [4.78, 5) is 39.2. The second-order valence-corrected chi connectivity index (χ2v) is 8.53. The van der Waals surface area contributed by atoms with Gasteiger partial charge in [-0.2, -0.15) is 0 Å². The lowest BCUT2D eigenvalue weighted by Crippen LogP contribution is -2.44. The van der Waals surface area contributed by atoms with Gasteiger partial charge in [0.05, 0.1) is 7.11 Å². The molecule has 7 nitrogen and oxygen atoms in total. The molecule has 0 aliphatic carbocycles. The zero-order valence-electron chi connectivity index (χ0n) is 19.0. The van der Waals surface area contributed by atoms with Crippen LogP contribution < -0.4 is 5.32 Å². The molecule has 2 aromatic carbocycles. The number of esters is 1. The van der Waals surface area contributed by atoms with Gasteiger partial charge < -0.3 is 20.1 Å². The molecule has 1 atom stereocenters. The Hall–Kier alpha value is -3.35. The molecule has 0 spiro atoms. The Balaban J connectivity index is 1.43. The van der Waals surface area contributed by atoms with Crippen LogP contribution in [0.4, 0.5) is 0 Å². The third kappa shape index (κ3) is 7.63. The number of ether oxygens (including phenoxy) is 1. The van der Waals surface area contributed by atoms with E-state index in [1.807, 2.05) is 35.2 Å². The highest BCUT2D eigenvalue weighted by Gasteiger charge is 2.27. The lowest BCUT2D eigenvalue weighted by Gasteiger charge is -2.32. The minimum atomic E-state index is -0.785. The van der Waals surface area contributed by atoms with Crippen LogP contribution in [0.25, 0.3) is 0 Å². The Morgan fingerprint density at radius 2 is 1.70 bits per heavy atom. The molecule has 1 heterocycles. The first kappa shape index (κ1) is 24.3. The lowest BCUT2D eigenvalue weighted by atomic mass is 9.92. The average molecular weight is 453 g/mol. The molecule has 0 saturated carbocycles. The largest absolute Gasteiger partial charge is 0.508 e. The fraction of sp³-hybridized carbons (Fsp3) is 0.423. The second kappa shape index (κ2) is 12.0. The van der Waals surface area contributed by atoms with Crippen LogP contribution in [0.2, 0.25) is 0 Å². The molecule has 2 amide bonds. The predicted molar refractivity (Wildman–Crippen MR) is 124 cm³/mol. The van der Waals surface area contributed by atoms with Gasteiger partial charge in [0.2, 0.25) is 11.8 Å². The summed E-state index contributed by atoms with van der Waals surface area (Å²) < 4.78 is 4.85. The maximum Gasteiger partial charge on any atom is 0.328 e. The number of aromatic hydroxyl groups is 1. The number of phenols is 1. The molecule has 1 aliphatic rings. The minimum Gasteiger partial charge on any atom is -0.508 e. The maximum atomic E-state index is 12.6. The molecule has 0 bridgehead atoms. The van der Waals surface area contributed by atoms with E-state index >= 15 is 0 Å². The summed E-state index contributed by atoms with van der Waals surface area (Å²) in [6.07, 6.45) is 3.37. The van der Waals surface area contributed by atoms with E-state index in [-0.39, 0.29) is 29.9 Å². The number of nitrogens with zero attached hydrogens (tertiary/aromatic N) is 1. The molecule has 2 aromatic rings. The molecular weight excluding hydrogens is 420 g/mol. The molecule has 1 saturated heterocycles. The Labute approximate surface area is 194 Å². The number of hydrogen-bond donors (Lipinski definition) is 2. The average Bonchev–Trinajstić information content (AvgIpc) is 2.84. The van der Waals surface area contributed by atoms with Crippen molar-refractivity contribution in [2.24, 2.45) is 5.92 Å². The highest BCUT2D eigenvalue weighted by atomic mass is 16.5. The third-order valence-electron chi connectivity index (χ3n) is 6.11. The zero-order chi connectivity index (χ0) is 23.6. The number of methoxy groups -OCH3 is 1. The summed E-state index contributed by atoms with van der Waals surface area (Å²) in [6, 6.07) is 15.7. The highest BCUT2D eigenvalue weighted by Crippen LogP contribution is 2.22. The monoisotopic (exact) mass is 452 g/mol. The highest BCUT2D eigenvalue weighted by molar-refractivity contribution is 5.84. The first-order valence-electron chi connectivity index (χ1n) is 11.4. The maximum absolute atomic E-state index is 12.6. The zero-order valence-corrected chi connectivity index (χ0v) is 19.0. The van der Waals surface area contributed by atoms with Gasteiger partial charge in [0.25, 0.3) is 0 Å². The summed E-state index contributed by atoms with van der Waals surface area (Å²) in [6.45, 7) is 1.30. The van der Waals surface area contributed by atoms with E-state index in [4.69, 9.17) is 4.74 Å². The number of aryl methyl sites for hydroxylation is 1. The summed E-state index contributed by atoms with van der Waals surface area (Å²) in [5.74, 6) is -0.230. The van der Waals surface area contributed by atoms with Crippen molar-refractivity contribution in [1.82, 2.24) is 10.2 Å². The van der Waals surface area contributed by atoms with Crippen LogP contribution in [0, 0.1) is 5.92 Å². The van der Waals surface area contributed by atoms with E-state index in [2.05, 4.69) is 5.32 Å². The summed E-state index contributed by atoms with van der Waals surface area (Å²) in [5.41, 5.74) is 1.97. The van der Waals surface area contributed by atoms with Gasteiger partial charge in [-0.25, -0.2) is 4.79 Å². The van der Waals surface area contributed by atoms with Crippen molar-refractivity contribution in [2.75, 3.05) is 20.2 Å². The van der Waals surface area contributed by atoms with Gasteiger partial charge in [0, 0.05) is 32.4 Å². The Morgan fingerprint density at radius 1 is 1.03 bits per heavy atom. The minimum absolute atomic E-state index is 0.141. The molecule has 2 N–H and O–H groups in total. The van der Waals surface area contributed by atoms with Gasteiger partial charge >= 0.3 is 5.97 Å². The molecule has 0 radical (unpaired) electrons. The molecule has 1 fully saturated rings. The number of carbonyl (C=O) groups is 3. The number of amides is 2. The predicted octanol–water partition coefficient (Wildman–Crippen LogP) is 2.85. The molecule has 0 unspecified atom stereocenters. The van der Waals surface area contributed by atoms with Gasteiger partial charge in [-0.3, -0.25) is 9.59 Å². The van der Waals surface area contributed by atoms with E-state index in [9.17, 15) is 19.5 Å². The number of carbonyl (C=O) groups excluding carboxylic acids is 3. The molecule has 0 aromatic heterocycles. The van der Waals surface area contributed by atoms with Gasteiger partial charge in [-0.1, -0.05) is 42.5 Å². The van der Waals surface area contributed by atoms with Crippen LogP contribution in [-0.2, 0) is 32.0 Å². The smallest absolute Gasteiger partial charge is 0.328 e. The van der Waals surface area contributed by atoms with Crippen molar-refractivity contribution in [3.63, 3.8) is 0 Å². The number of nitrogens with one attached hydrogen (secondary N) is 1. The number of benzene rings is 2. The Morgan fingerprint density at radius 3 is 2.33 bits per heavy atom. The van der Waals surface area contributed by atoms with E-state index in [1.165, 1.54) is 7.11 Å². The summed E-state index contributed by atoms with van der Waals surface area (Å²) in [7, 11) is 1.29. The standard InChI is InChI=1S/C26H32N2O5/c1-33-26(32)23(17-20-7-10-22(29)11-8-20)27-24(30)18-21-13-15-28(16-14-21)25(31)12-9-19-5-3-2-4-6-19/h2-8,10-11,21,23,29H,9,12-18H2,1H3,(H,27,30)/t23-/m0/s1. The van der Waals surface area contributed by atoms with E-state index < -0.39 is 12.0 Å². The van der Waals surface area contributed by atoms with Crippen molar-refractivity contribution in [2.45, 2.75) is 44.6 Å². The van der Waals surface area contributed by atoms with Crippen molar-refractivity contribution in [3.05, 3.63) is 65.7 Å².